The fourth-order valence-corrected chi connectivity index (χ4v) is 3.63. The average Bonchev–Trinajstić information content (AvgIpc) is 3.11. The highest BCUT2D eigenvalue weighted by molar-refractivity contribution is 7.14. The number of amides is 1. The normalized spacial score (nSPS) is 16.4. The number of carbonyl (C=O) groups excluding carboxylic acids is 1. The molecule has 1 saturated heterocycles. The van der Waals surface area contributed by atoms with Crippen molar-refractivity contribution in [3.63, 3.8) is 0 Å². The fraction of sp³-hybridized carbons (Fsp3) is 0.444. The molecule has 3 rings (SSSR count). The molecule has 0 aliphatic carbocycles. The van der Waals surface area contributed by atoms with Crippen LogP contribution in [-0.4, -0.2) is 43.3 Å². The highest BCUT2D eigenvalue weighted by Gasteiger charge is 2.40. The number of rotatable bonds is 6. The number of nitrogens with zero attached hydrogens (tertiary/aromatic N) is 1. The molecule has 25 heavy (non-hydrogen) atoms. The number of benzene rings is 1. The summed E-state index contributed by atoms with van der Waals surface area (Å²) in [6.07, 6.45) is 1.32. The molecule has 0 spiro atoms. The van der Waals surface area contributed by atoms with Crippen LogP contribution in [0.3, 0.4) is 0 Å². The van der Waals surface area contributed by atoms with Crippen molar-refractivity contribution >= 4 is 22.4 Å². The highest BCUT2D eigenvalue weighted by Crippen LogP contribution is 2.29. The lowest BCUT2D eigenvalue weighted by molar-refractivity contribution is -0.140. The minimum absolute atomic E-state index is 0.121. The predicted octanol–water partition coefficient (Wildman–Crippen LogP) is 2.92. The summed E-state index contributed by atoms with van der Waals surface area (Å²) in [5.41, 5.74) is 1.06. The van der Waals surface area contributed by atoms with E-state index < -0.39 is 5.60 Å². The van der Waals surface area contributed by atoms with E-state index in [1.54, 1.807) is 7.11 Å². The molecule has 1 aromatic heterocycles. The minimum atomic E-state index is -0.768. The van der Waals surface area contributed by atoms with Crippen LogP contribution in [0.1, 0.15) is 19.8 Å². The van der Waals surface area contributed by atoms with Crippen molar-refractivity contribution < 1.29 is 14.3 Å². The second-order valence-corrected chi connectivity index (χ2v) is 6.76. The number of methoxy groups -OCH3 is 1. The standard InChI is InChI=1S/C18H23N3O3S/c1-3-24-14-6-4-13(5-7-14)15-12-25-17(20-15)21-16(22)18(23-2)8-10-19-11-9-18/h4-7,12,19H,3,8-11H2,1-2H3,(H,20,21,22). The van der Waals surface area contributed by atoms with Crippen LogP contribution < -0.4 is 15.4 Å². The Kier molecular flexibility index (Phi) is 5.67. The fourth-order valence-electron chi connectivity index (χ4n) is 2.92. The van der Waals surface area contributed by atoms with Gasteiger partial charge < -0.3 is 14.8 Å². The number of hydrogen-bond acceptors (Lipinski definition) is 6. The number of nitrogens with one attached hydrogen (secondary N) is 2. The summed E-state index contributed by atoms with van der Waals surface area (Å²) in [5.74, 6) is 0.715. The SMILES string of the molecule is CCOc1ccc(-c2csc(NC(=O)C3(OC)CCNCC3)n2)cc1. The van der Waals surface area contributed by atoms with Gasteiger partial charge in [-0.05, 0) is 57.1 Å². The topological polar surface area (TPSA) is 72.5 Å². The van der Waals surface area contributed by atoms with Crippen LogP contribution in [-0.2, 0) is 9.53 Å². The third kappa shape index (κ3) is 4.00. The van der Waals surface area contributed by atoms with Crippen molar-refractivity contribution in [3.8, 4) is 17.0 Å². The highest BCUT2D eigenvalue weighted by atomic mass is 32.1. The second kappa shape index (κ2) is 7.95. The van der Waals surface area contributed by atoms with Crippen LogP contribution in [0, 0.1) is 0 Å². The van der Waals surface area contributed by atoms with Gasteiger partial charge in [-0.2, -0.15) is 0 Å². The lowest BCUT2D eigenvalue weighted by atomic mass is 9.91. The zero-order valence-corrected chi connectivity index (χ0v) is 15.3. The summed E-state index contributed by atoms with van der Waals surface area (Å²) < 4.78 is 11.0. The number of aromatic nitrogens is 1. The van der Waals surface area contributed by atoms with Crippen LogP contribution in [0.5, 0.6) is 5.75 Å². The predicted molar refractivity (Wildman–Crippen MR) is 99.2 cm³/mol. The second-order valence-electron chi connectivity index (χ2n) is 5.90. The summed E-state index contributed by atoms with van der Waals surface area (Å²) in [7, 11) is 1.60. The number of piperidine rings is 1. The van der Waals surface area contributed by atoms with Gasteiger partial charge in [0.25, 0.3) is 5.91 Å². The Balaban J connectivity index is 1.69. The van der Waals surface area contributed by atoms with Gasteiger partial charge in [0.1, 0.15) is 11.4 Å². The average molecular weight is 361 g/mol. The molecule has 0 unspecified atom stereocenters. The third-order valence-electron chi connectivity index (χ3n) is 4.40. The van der Waals surface area contributed by atoms with Gasteiger partial charge in [-0.15, -0.1) is 11.3 Å². The molecule has 1 amide bonds. The van der Waals surface area contributed by atoms with Gasteiger partial charge in [0.2, 0.25) is 0 Å². The molecule has 2 heterocycles. The van der Waals surface area contributed by atoms with Crippen LogP contribution in [0.4, 0.5) is 5.13 Å². The van der Waals surface area contributed by atoms with Gasteiger partial charge in [-0.3, -0.25) is 10.1 Å². The molecule has 2 N–H and O–H groups in total. The van der Waals surface area contributed by atoms with Gasteiger partial charge in [-0.1, -0.05) is 0 Å². The van der Waals surface area contributed by atoms with E-state index in [1.807, 2.05) is 36.6 Å². The molecule has 7 heteroatoms. The molecule has 6 nitrogen and oxygen atoms in total. The molecular formula is C18H23N3O3S. The minimum Gasteiger partial charge on any atom is -0.494 e. The summed E-state index contributed by atoms with van der Waals surface area (Å²) in [5, 5.41) is 8.69. The monoisotopic (exact) mass is 361 g/mol. The van der Waals surface area contributed by atoms with E-state index >= 15 is 0 Å². The van der Waals surface area contributed by atoms with Crippen LogP contribution in [0.2, 0.25) is 0 Å². The van der Waals surface area contributed by atoms with Crippen molar-refractivity contribution in [2.24, 2.45) is 0 Å². The quantitative estimate of drug-likeness (QED) is 0.828. The molecule has 1 aliphatic heterocycles. The molecule has 0 saturated carbocycles. The van der Waals surface area contributed by atoms with Crippen LogP contribution in [0.25, 0.3) is 11.3 Å². The van der Waals surface area contributed by atoms with Crippen molar-refractivity contribution in [2.45, 2.75) is 25.4 Å². The van der Waals surface area contributed by atoms with E-state index in [1.165, 1.54) is 11.3 Å². The molecule has 134 valence electrons. The Labute approximate surface area is 151 Å². The largest absolute Gasteiger partial charge is 0.494 e. The molecule has 0 atom stereocenters. The third-order valence-corrected chi connectivity index (χ3v) is 5.16. The lowest BCUT2D eigenvalue weighted by Crippen LogP contribution is -2.51. The maximum absolute atomic E-state index is 12.7. The molecule has 1 aliphatic rings. The summed E-state index contributed by atoms with van der Waals surface area (Å²) in [4.78, 5) is 17.2. The maximum atomic E-state index is 12.7. The number of thiazole rings is 1. The summed E-state index contributed by atoms with van der Waals surface area (Å²) >= 11 is 1.41. The van der Waals surface area contributed by atoms with Crippen molar-refractivity contribution in [3.05, 3.63) is 29.6 Å². The Hall–Kier alpha value is -1.96. The van der Waals surface area contributed by atoms with Crippen molar-refractivity contribution in [2.75, 3.05) is 32.1 Å². The maximum Gasteiger partial charge on any atom is 0.258 e. The zero-order chi connectivity index (χ0) is 17.7. The van der Waals surface area contributed by atoms with Gasteiger partial charge in [-0.25, -0.2) is 4.98 Å². The summed E-state index contributed by atoms with van der Waals surface area (Å²) in [6.45, 7) is 4.15. The molecule has 2 aromatic rings. The van der Waals surface area contributed by atoms with Gasteiger partial charge >= 0.3 is 0 Å². The van der Waals surface area contributed by atoms with Gasteiger partial charge in [0.05, 0.1) is 12.3 Å². The first-order chi connectivity index (χ1) is 12.2. The smallest absolute Gasteiger partial charge is 0.258 e. The first-order valence-electron chi connectivity index (χ1n) is 8.43. The van der Waals surface area contributed by atoms with E-state index in [-0.39, 0.29) is 5.91 Å². The molecule has 0 bridgehead atoms. The van der Waals surface area contributed by atoms with Gasteiger partial charge in [0.15, 0.2) is 5.13 Å². The summed E-state index contributed by atoms with van der Waals surface area (Å²) in [6, 6.07) is 7.78. The Morgan fingerprint density at radius 2 is 2.04 bits per heavy atom. The number of hydrogen-bond donors (Lipinski definition) is 2. The lowest BCUT2D eigenvalue weighted by Gasteiger charge is -2.34. The van der Waals surface area contributed by atoms with Crippen LogP contribution in [0.15, 0.2) is 29.6 Å². The van der Waals surface area contributed by atoms with E-state index in [9.17, 15) is 4.79 Å². The van der Waals surface area contributed by atoms with Crippen molar-refractivity contribution in [1.82, 2.24) is 10.3 Å². The van der Waals surface area contributed by atoms with Gasteiger partial charge in [0, 0.05) is 18.1 Å². The van der Waals surface area contributed by atoms with E-state index in [0.29, 0.717) is 24.6 Å². The van der Waals surface area contributed by atoms with E-state index in [0.717, 1.165) is 30.1 Å². The first-order valence-corrected chi connectivity index (χ1v) is 9.31. The first kappa shape index (κ1) is 17.8. The van der Waals surface area contributed by atoms with Crippen LogP contribution >= 0.6 is 11.3 Å². The van der Waals surface area contributed by atoms with Crippen molar-refractivity contribution in [1.29, 1.82) is 0 Å². The Morgan fingerprint density at radius 3 is 2.68 bits per heavy atom. The zero-order valence-electron chi connectivity index (χ0n) is 14.5. The number of ether oxygens (including phenoxy) is 2. The van der Waals surface area contributed by atoms with E-state index in [2.05, 4.69) is 15.6 Å². The molecule has 1 aromatic carbocycles. The molecule has 0 radical (unpaired) electrons. The Bertz CT molecular complexity index is 709. The number of anilines is 1. The molecular weight excluding hydrogens is 338 g/mol. The number of carbonyl (C=O) groups is 1. The molecule has 1 fully saturated rings. The van der Waals surface area contributed by atoms with E-state index in [4.69, 9.17) is 9.47 Å². The Morgan fingerprint density at radius 1 is 1.32 bits per heavy atom.